The highest BCUT2D eigenvalue weighted by atomic mass is 16.2. The van der Waals surface area contributed by atoms with Gasteiger partial charge in [-0.05, 0) is 44.2 Å². The fraction of sp³-hybridized carbons (Fsp3) is 0.690. The molecule has 0 aliphatic rings. The van der Waals surface area contributed by atoms with E-state index in [1.54, 1.807) is 0 Å². The van der Waals surface area contributed by atoms with E-state index >= 15 is 0 Å². The van der Waals surface area contributed by atoms with Crippen LogP contribution in [-0.2, 0) is 0 Å². The molecule has 2 rings (SSSR count). The summed E-state index contributed by atoms with van der Waals surface area (Å²) in [6.45, 7) is 2.28. The zero-order valence-corrected chi connectivity index (χ0v) is 21.1. The third kappa shape index (κ3) is 12.2. The van der Waals surface area contributed by atoms with Gasteiger partial charge in [-0.2, -0.15) is 4.68 Å². The molecule has 0 saturated heterocycles. The van der Waals surface area contributed by atoms with E-state index in [0.29, 0.717) is 6.42 Å². The van der Waals surface area contributed by atoms with Gasteiger partial charge in [-0.25, -0.2) is 0 Å². The Morgan fingerprint density at radius 3 is 1.85 bits per heavy atom. The molecular weight excluding hydrogens is 406 g/mol. The summed E-state index contributed by atoms with van der Waals surface area (Å²) in [6.07, 6.45) is 29.0. The summed E-state index contributed by atoms with van der Waals surface area (Å²) in [5.74, 6) is 0.0536. The van der Waals surface area contributed by atoms with Crippen LogP contribution in [0.4, 0.5) is 0 Å². The van der Waals surface area contributed by atoms with Crippen LogP contribution in [-0.4, -0.2) is 20.9 Å². The van der Waals surface area contributed by atoms with Crippen molar-refractivity contribution >= 4 is 16.9 Å². The van der Waals surface area contributed by atoms with Crippen molar-refractivity contribution in [2.24, 2.45) is 0 Å². The second-order valence-electron chi connectivity index (χ2n) is 9.49. The molecule has 4 nitrogen and oxygen atoms in total. The van der Waals surface area contributed by atoms with Crippen molar-refractivity contribution in [3.05, 3.63) is 36.4 Å². The number of hydrogen-bond donors (Lipinski definition) is 0. The smallest absolute Gasteiger partial charge is 0.248 e. The van der Waals surface area contributed by atoms with Gasteiger partial charge in [0.15, 0.2) is 0 Å². The fourth-order valence-electron chi connectivity index (χ4n) is 4.39. The molecule has 1 aromatic heterocycles. The maximum atomic E-state index is 12.4. The third-order valence-corrected chi connectivity index (χ3v) is 6.49. The van der Waals surface area contributed by atoms with Crippen LogP contribution in [0.25, 0.3) is 11.0 Å². The number of fused-ring (bicyclic) bond motifs is 1. The summed E-state index contributed by atoms with van der Waals surface area (Å²) in [6, 6.07) is 7.63. The van der Waals surface area contributed by atoms with Crippen molar-refractivity contribution in [1.82, 2.24) is 15.0 Å². The Labute approximate surface area is 202 Å². The molecule has 184 valence electrons. The second-order valence-corrected chi connectivity index (χ2v) is 9.49. The average Bonchev–Trinajstić information content (AvgIpc) is 3.27. The van der Waals surface area contributed by atoms with Crippen LogP contribution in [0.3, 0.4) is 0 Å². The molecule has 1 aromatic carbocycles. The molecule has 0 spiro atoms. The van der Waals surface area contributed by atoms with Crippen LogP contribution in [0.2, 0.25) is 0 Å². The van der Waals surface area contributed by atoms with E-state index in [4.69, 9.17) is 0 Å². The molecule has 0 radical (unpaired) electrons. The van der Waals surface area contributed by atoms with Crippen molar-refractivity contribution in [3.8, 4) is 0 Å². The van der Waals surface area contributed by atoms with Crippen molar-refractivity contribution in [1.29, 1.82) is 0 Å². The zero-order valence-electron chi connectivity index (χ0n) is 21.1. The highest BCUT2D eigenvalue weighted by molar-refractivity contribution is 5.88. The van der Waals surface area contributed by atoms with E-state index in [1.165, 1.54) is 107 Å². The summed E-state index contributed by atoms with van der Waals surface area (Å²) in [5.41, 5.74) is 1.59. The van der Waals surface area contributed by atoms with E-state index in [-0.39, 0.29) is 5.91 Å². The van der Waals surface area contributed by atoms with Gasteiger partial charge in [0, 0.05) is 6.42 Å². The van der Waals surface area contributed by atoms with E-state index in [2.05, 4.69) is 29.4 Å². The first-order valence-electron chi connectivity index (χ1n) is 13.8. The first-order valence-corrected chi connectivity index (χ1v) is 13.8. The van der Waals surface area contributed by atoms with E-state index in [1.807, 2.05) is 24.3 Å². The van der Waals surface area contributed by atoms with Crippen molar-refractivity contribution in [2.75, 3.05) is 0 Å². The zero-order chi connectivity index (χ0) is 23.4. The SMILES string of the molecule is CCCCCCCCCCC/C=C/CCCCCCCCCC(=O)n1nnc2ccccc21. The van der Waals surface area contributed by atoms with Crippen LogP contribution in [0.5, 0.6) is 0 Å². The van der Waals surface area contributed by atoms with E-state index in [9.17, 15) is 4.79 Å². The highest BCUT2D eigenvalue weighted by Gasteiger charge is 2.10. The van der Waals surface area contributed by atoms with Crippen LogP contribution in [0.1, 0.15) is 134 Å². The maximum absolute atomic E-state index is 12.4. The average molecular weight is 454 g/mol. The van der Waals surface area contributed by atoms with Gasteiger partial charge >= 0.3 is 0 Å². The highest BCUT2D eigenvalue weighted by Crippen LogP contribution is 2.14. The first-order chi connectivity index (χ1) is 16.3. The molecule has 0 unspecified atom stereocenters. The molecule has 0 fully saturated rings. The lowest BCUT2D eigenvalue weighted by molar-refractivity contribution is 0.0886. The minimum atomic E-state index is 0.0536. The molecule has 0 saturated carbocycles. The standard InChI is InChI=1S/C29H47N3O/c1-2-3-4-5-6-7-8-9-10-11-12-13-14-15-16-17-18-19-20-21-26-29(33)32-28-25-23-22-24-27(28)30-31-32/h12-13,22-25H,2-11,14-21,26H2,1H3/b13-12+. The molecular formula is C29H47N3O. The minimum absolute atomic E-state index is 0.0536. The van der Waals surface area contributed by atoms with Gasteiger partial charge in [-0.15, -0.1) is 5.10 Å². The third-order valence-electron chi connectivity index (χ3n) is 6.49. The van der Waals surface area contributed by atoms with Gasteiger partial charge in [0.25, 0.3) is 0 Å². The van der Waals surface area contributed by atoms with Crippen LogP contribution >= 0.6 is 0 Å². The fourth-order valence-corrected chi connectivity index (χ4v) is 4.39. The first kappa shape index (κ1) is 27.3. The van der Waals surface area contributed by atoms with Crippen molar-refractivity contribution in [3.63, 3.8) is 0 Å². The Bertz CT molecular complexity index is 780. The Morgan fingerprint density at radius 2 is 1.24 bits per heavy atom. The number of para-hydroxylation sites is 1. The normalized spacial score (nSPS) is 11.7. The number of allylic oxidation sites excluding steroid dienone is 2. The molecule has 33 heavy (non-hydrogen) atoms. The summed E-state index contributed by atoms with van der Waals surface area (Å²) in [7, 11) is 0. The largest absolute Gasteiger partial charge is 0.273 e. The van der Waals surface area contributed by atoms with Gasteiger partial charge in [0.2, 0.25) is 5.91 Å². The molecule has 0 aliphatic heterocycles. The van der Waals surface area contributed by atoms with Gasteiger partial charge in [0.1, 0.15) is 5.52 Å². The number of carbonyl (C=O) groups is 1. The van der Waals surface area contributed by atoms with Gasteiger partial charge in [0.05, 0.1) is 5.52 Å². The number of benzene rings is 1. The maximum Gasteiger partial charge on any atom is 0.248 e. The molecule has 0 aliphatic carbocycles. The molecule has 4 heteroatoms. The van der Waals surface area contributed by atoms with Gasteiger partial charge < -0.3 is 0 Å². The van der Waals surface area contributed by atoms with Crippen molar-refractivity contribution in [2.45, 2.75) is 129 Å². The molecule has 2 aromatic rings. The van der Waals surface area contributed by atoms with Gasteiger partial charge in [-0.1, -0.05) is 120 Å². The summed E-state index contributed by atoms with van der Waals surface area (Å²) < 4.78 is 1.46. The Morgan fingerprint density at radius 1 is 0.727 bits per heavy atom. The predicted molar refractivity (Wildman–Crippen MR) is 141 cm³/mol. The van der Waals surface area contributed by atoms with Crippen LogP contribution in [0.15, 0.2) is 36.4 Å². The summed E-state index contributed by atoms with van der Waals surface area (Å²) >= 11 is 0. The van der Waals surface area contributed by atoms with E-state index < -0.39 is 0 Å². The molecule has 0 amide bonds. The summed E-state index contributed by atoms with van der Waals surface area (Å²) in [4.78, 5) is 12.4. The number of aromatic nitrogens is 3. The summed E-state index contributed by atoms with van der Waals surface area (Å²) in [5, 5.41) is 8.07. The molecule has 0 N–H and O–H groups in total. The monoisotopic (exact) mass is 453 g/mol. The lowest BCUT2D eigenvalue weighted by atomic mass is 10.1. The topological polar surface area (TPSA) is 47.8 Å². The van der Waals surface area contributed by atoms with Gasteiger partial charge in [-0.3, -0.25) is 4.79 Å². The second kappa shape index (κ2) is 18.5. The Kier molecular flexibility index (Phi) is 15.3. The van der Waals surface area contributed by atoms with Crippen molar-refractivity contribution < 1.29 is 4.79 Å². The molecule has 1 heterocycles. The Hall–Kier alpha value is -1.97. The number of unbranched alkanes of at least 4 members (excludes halogenated alkanes) is 16. The lowest BCUT2D eigenvalue weighted by Gasteiger charge is -2.03. The predicted octanol–water partition coefficient (Wildman–Crippen LogP) is 9.06. The minimum Gasteiger partial charge on any atom is -0.273 e. The lowest BCUT2D eigenvalue weighted by Crippen LogP contribution is -2.12. The Balaban J connectivity index is 1.33. The number of nitrogens with zero attached hydrogens (tertiary/aromatic N) is 3. The number of carbonyl (C=O) groups excluding carboxylic acids is 1. The number of rotatable bonds is 20. The van der Waals surface area contributed by atoms with Crippen LogP contribution in [0, 0.1) is 0 Å². The molecule has 0 bridgehead atoms. The van der Waals surface area contributed by atoms with Crippen LogP contribution < -0.4 is 0 Å². The number of hydrogen-bond acceptors (Lipinski definition) is 3. The van der Waals surface area contributed by atoms with E-state index in [0.717, 1.165) is 23.9 Å². The quantitative estimate of drug-likeness (QED) is 0.148. The molecule has 0 atom stereocenters.